The first kappa shape index (κ1) is 15.7. The number of aryl methyl sites for hydroxylation is 1. The molecule has 2 aromatic rings. The lowest BCUT2D eigenvalue weighted by Crippen LogP contribution is -2.39. The molecule has 1 amide bonds. The summed E-state index contributed by atoms with van der Waals surface area (Å²) in [5.74, 6) is 1.27. The highest BCUT2D eigenvalue weighted by Crippen LogP contribution is 2.38. The van der Waals surface area contributed by atoms with Crippen LogP contribution >= 0.6 is 11.5 Å². The molecule has 5 nitrogen and oxygen atoms in total. The van der Waals surface area contributed by atoms with Crippen LogP contribution < -0.4 is 5.32 Å². The number of aromatic nitrogens is 2. The van der Waals surface area contributed by atoms with Crippen LogP contribution in [0.25, 0.3) is 0 Å². The Morgan fingerprint density at radius 3 is 2.88 bits per heavy atom. The predicted molar refractivity (Wildman–Crippen MR) is 93.8 cm³/mol. The van der Waals surface area contributed by atoms with Gasteiger partial charge in [0.25, 0.3) is 5.91 Å². The molecule has 3 atom stereocenters. The van der Waals surface area contributed by atoms with Gasteiger partial charge in [0.15, 0.2) is 0 Å². The summed E-state index contributed by atoms with van der Waals surface area (Å²) in [4.78, 5) is 15.6. The molecule has 126 valence electrons. The summed E-state index contributed by atoms with van der Waals surface area (Å²) in [6, 6.07) is 10.9. The highest BCUT2D eigenvalue weighted by atomic mass is 32.1. The number of rotatable bonds is 4. The molecule has 24 heavy (non-hydrogen) atoms. The lowest BCUT2D eigenvalue weighted by atomic mass is 9.98. The molecule has 2 aliphatic rings. The Bertz CT molecular complexity index is 717. The Balaban J connectivity index is 1.38. The van der Waals surface area contributed by atoms with Gasteiger partial charge in [0.2, 0.25) is 0 Å². The van der Waals surface area contributed by atoms with Crippen molar-refractivity contribution in [3.8, 4) is 0 Å². The number of nitrogens with zero attached hydrogens (tertiary/aromatic N) is 3. The summed E-state index contributed by atoms with van der Waals surface area (Å²) in [6.07, 6.45) is 2.30. The topological polar surface area (TPSA) is 58.1 Å². The Hall–Kier alpha value is -1.79. The van der Waals surface area contributed by atoms with Crippen molar-refractivity contribution in [2.45, 2.75) is 32.4 Å². The summed E-state index contributed by atoms with van der Waals surface area (Å²) in [5.41, 5.74) is 2.09. The van der Waals surface area contributed by atoms with Gasteiger partial charge in [-0.3, -0.25) is 9.69 Å². The highest BCUT2D eigenvalue weighted by Gasteiger charge is 2.43. The summed E-state index contributed by atoms with van der Waals surface area (Å²) in [7, 11) is 0. The predicted octanol–water partition coefficient (Wildman–Crippen LogP) is 2.49. The van der Waals surface area contributed by atoms with E-state index in [4.69, 9.17) is 0 Å². The molecule has 1 aromatic carbocycles. The zero-order chi connectivity index (χ0) is 16.5. The molecule has 2 heterocycles. The van der Waals surface area contributed by atoms with Crippen LogP contribution in [0.1, 0.15) is 33.8 Å². The monoisotopic (exact) mass is 342 g/mol. The fourth-order valence-electron chi connectivity index (χ4n) is 4.18. The van der Waals surface area contributed by atoms with E-state index in [9.17, 15) is 4.79 Å². The molecule has 6 heteroatoms. The van der Waals surface area contributed by atoms with Gasteiger partial charge in [-0.05, 0) is 48.7 Å². The molecule has 1 aromatic heterocycles. The first-order chi connectivity index (χ1) is 11.7. The molecule has 1 saturated heterocycles. The maximum atomic E-state index is 12.4. The first-order valence-electron chi connectivity index (χ1n) is 8.57. The van der Waals surface area contributed by atoms with Gasteiger partial charge >= 0.3 is 0 Å². The van der Waals surface area contributed by atoms with Crippen molar-refractivity contribution in [1.29, 1.82) is 0 Å². The Labute approximate surface area is 146 Å². The van der Waals surface area contributed by atoms with Crippen LogP contribution in [0.5, 0.6) is 0 Å². The number of nitrogens with one attached hydrogen (secondary N) is 1. The number of benzene rings is 1. The van der Waals surface area contributed by atoms with E-state index < -0.39 is 0 Å². The summed E-state index contributed by atoms with van der Waals surface area (Å²) >= 11 is 1.19. The molecule has 1 N–H and O–H groups in total. The van der Waals surface area contributed by atoms with E-state index in [1.54, 1.807) is 0 Å². The standard InChI is InChI=1S/C18H22N4OS/c1-12-17(24-21-20-12)18(23)19-16-8-7-14-10-22(11-15(14)16)9-13-5-3-2-4-6-13/h2-6,14-16H,7-11H2,1H3,(H,19,23)/t14-,15+,16+/m0/s1. The minimum absolute atomic E-state index is 0.00495. The Morgan fingerprint density at radius 2 is 2.12 bits per heavy atom. The van der Waals surface area contributed by atoms with Crippen LogP contribution in [0.4, 0.5) is 0 Å². The van der Waals surface area contributed by atoms with Crippen molar-refractivity contribution in [1.82, 2.24) is 19.8 Å². The lowest BCUT2D eigenvalue weighted by molar-refractivity contribution is 0.0929. The Kier molecular flexibility index (Phi) is 4.33. The zero-order valence-electron chi connectivity index (χ0n) is 13.8. The van der Waals surface area contributed by atoms with Gasteiger partial charge in [0, 0.05) is 25.7 Å². The van der Waals surface area contributed by atoms with Crippen molar-refractivity contribution >= 4 is 17.4 Å². The zero-order valence-corrected chi connectivity index (χ0v) is 14.6. The van der Waals surface area contributed by atoms with E-state index in [1.165, 1.54) is 23.5 Å². The van der Waals surface area contributed by atoms with E-state index in [0.29, 0.717) is 16.7 Å². The molecule has 0 bridgehead atoms. The quantitative estimate of drug-likeness (QED) is 0.927. The van der Waals surface area contributed by atoms with E-state index in [0.717, 1.165) is 31.7 Å². The van der Waals surface area contributed by atoms with Gasteiger partial charge in [-0.25, -0.2) is 0 Å². The van der Waals surface area contributed by atoms with E-state index in [-0.39, 0.29) is 11.9 Å². The first-order valence-corrected chi connectivity index (χ1v) is 9.34. The second kappa shape index (κ2) is 6.61. The largest absolute Gasteiger partial charge is 0.348 e. The molecule has 1 aliphatic carbocycles. The molecule has 2 fully saturated rings. The van der Waals surface area contributed by atoms with Crippen LogP contribution in [0, 0.1) is 18.8 Å². The number of carbonyl (C=O) groups excluding carboxylic acids is 1. The third kappa shape index (κ3) is 3.08. The number of hydrogen-bond donors (Lipinski definition) is 1. The number of hydrogen-bond acceptors (Lipinski definition) is 5. The van der Waals surface area contributed by atoms with Gasteiger partial charge in [0.05, 0.1) is 5.69 Å². The maximum Gasteiger partial charge on any atom is 0.265 e. The van der Waals surface area contributed by atoms with Crippen molar-refractivity contribution in [3.63, 3.8) is 0 Å². The van der Waals surface area contributed by atoms with Gasteiger partial charge in [-0.2, -0.15) is 0 Å². The number of carbonyl (C=O) groups is 1. The fourth-order valence-corrected chi connectivity index (χ4v) is 4.74. The summed E-state index contributed by atoms with van der Waals surface area (Å²) in [5, 5.41) is 7.18. The molecule has 0 unspecified atom stereocenters. The Morgan fingerprint density at radius 1 is 1.29 bits per heavy atom. The molecule has 1 saturated carbocycles. The molecule has 1 aliphatic heterocycles. The third-order valence-corrected chi connectivity index (χ3v) is 6.18. The third-order valence-electron chi connectivity index (χ3n) is 5.36. The van der Waals surface area contributed by atoms with Crippen molar-refractivity contribution in [3.05, 3.63) is 46.5 Å². The van der Waals surface area contributed by atoms with Crippen LogP contribution in [0.2, 0.25) is 0 Å². The van der Waals surface area contributed by atoms with E-state index >= 15 is 0 Å². The van der Waals surface area contributed by atoms with Gasteiger partial charge < -0.3 is 5.32 Å². The van der Waals surface area contributed by atoms with Crippen LogP contribution in [-0.2, 0) is 6.54 Å². The second-order valence-electron chi connectivity index (χ2n) is 6.95. The average Bonchev–Trinajstić information content (AvgIpc) is 3.26. The van der Waals surface area contributed by atoms with Crippen molar-refractivity contribution in [2.75, 3.05) is 13.1 Å². The molecular weight excluding hydrogens is 320 g/mol. The molecular formula is C18H22N4OS. The van der Waals surface area contributed by atoms with Crippen LogP contribution in [-0.4, -0.2) is 39.5 Å². The van der Waals surface area contributed by atoms with Crippen molar-refractivity contribution in [2.24, 2.45) is 11.8 Å². The molecule has 4 rings (SSSR count). The lowest BCUT2D eigenvalue weighted by Gasteiger charge is -2.21. The van der Waals surface area contributed by atoms with E-state index in [1.807, 2.05) is 6.92 Å². The highest BCUT2D eigenvalue weighted by molar-refractivity contribution is 7.08. The van der Waals surface area contributed by atoms with Gasteiger partial charge in [-0.1, -0.05) is 34.8 Å². The van der Waals surface area contributed by atoms with E-state index in [2.05, 4.69) is 50.1 Å². The van der Waals surface area contributed by atoms with Gasteiger partial charge in [0.1, 0.15) is 4.88 Å². The summed E-state index contributed by atoms with van der Waals surface area (Å²) in [6.45, 7) is 5.07. The number of fused-ring (bicyclic) bond motifs is 1. The molecule has 0 radical (unpaired) electrons. The fraction of sp³-hybridized carbons (Fsp3) is 0.500. The minimum Gasteiger partial charge on any atom is -0.348 e. The average molecular weight is 342 g/mol. The van der Waals surface area contributed by atoms with Gasteiger partial charge in [-0.15, -0.1) is 5.10 Å². The second-order valence-corrected chi connectivity index (χ2v) is 7.70. The number of amides is 1. The normalized spacial score (nSPS) is 26.5. The number of likely N-dealkylation sites (tertiary alicyclic amines) is 1. The van der Waals surface area contributed by atoms with Crippen LogP contribution in [0.3, 0.4) is 0 Å². The van der Waals surface area contributed by atoms with Crippen molar-refractivity contribution < 1.29 is 4.79 Å². The molecule has 0 spiro atoms. The minimum atomic E-state index is -0.00495. The smallest absolute Gasteiger partial charge is 0.265 e. The maximum absolute atomic E-state index is 12.4. The van der Waals surface area contributed by atoms with Crippen LogP contribution in [0.15, 0.2) is 30.3 Å². The summed E-state index contributed by atoms with van der Waals surface area (Å²) < 4.78 is 3.87. The SMILES string of the molecule is Cc1nnsc1C(=O)N[C@@H]1CC[C@H]2CN(Cc3ccccc3)C[C@H]21.